The Morgan fingerprint density at radius 1 is 1.20 bits per heavy atom. The maximum absolute atomic E-state index is 12.5. The first-order valence-corrected chi connectivity index (χ1v) is 12.3. The summed E-state index contributed by atoms with van der Waals surface area (Å²) in [5.41, 5.74) is 0.808. The molecule has 0 saturated carbocycles. The Labute approximate surface area is 176 Å². The minimum atomic E-state index is -4.35. The fraction of sp³-hybridized carbons (Fsp3) is 0.118. The number of sulfonamides is 1. The molecule has 3 heterocycles. The minimum Gasteiger partial charge on any atom is -0.481 e. The molecule has 156 valence electrons. The van der Waals surface area contributed by atoms with E-state index in [0.717, 1.165) is 17.5 Å². The third kappa shape index (κ3) is 5.41. The molecule has 1 unspecified atom stereocenters. The fourth-order valence-electron chi connectivity index (χ4n) is 2.20. The standard InChI is InChI=1S/C17H15N4O6PS2/c1-26-16-6-2-12(9-20-16)15-5-7-17(29-15)30(24,25)21-11-28(22,23)27-14-4-3-13(8-18)19-10-14/h2-7,9-10,21H,11H2,1H3,(H,22,23). The molecular formula is C17H15N4O6PS2. The number of ether oxygens (including phenoxy) is 1. The number of hydrogen-bond donors (Lipinski definition) is 2. The first-order chi connectivity index (χ1) is 14.2. The van der Waals surface area contributed by atoms with Crippen LogP contribution in [0.1, 0.15) is 5.69 Å². The van der Waals surface area contributed by atoms with Crippen LogP contribution in [0.15, 0.2) is 53.0 Å². The highest BCUT2D eigenvalue weighted by molar-refractivity contribution is 7.92. The molecule has 0 spiro atoms. The van der Waals surface area contributed by atoms with E-state index >= 15 is 0 Å². The molecule has 3 aromatic heterocycles. The lowest BCUT2D eigenvalue weighted by Crippen LogP contribution is -2.25. The lowest BCUT2D eigenvalue weighted by Gasteiger charge is -2.13. The molecule has 0 radical (unpaired) electrons. The zero-order valence-electron chi connectivity index (χ0n) is 15.4. The highest BCUT2D eigenvalue weighted by Crippen LogP contribution is 2.41. The van der Waals surface area contributed by atoms with Crippen molar-refractivity contribution in [2.24, 2.45) is 0 Å². The zero-order chi connectivity index (χ0) is 21.8. The van der Waals surface area contributed by atoms with Crippen LogP contribution in [0.5, 0.6) is 11.6 Å². The van der Waals surface area contributed by atoms with Gasteiger partial charge in [-0.3, -0.25) is 0 Å². The average molecular weight is 466 g/mol. The number of methoxy groups -OCH3 is 1. The van der Waals surface area contributed by atoms with Crippen molar-refractivity contribution in [1.29, 1.82) is 5.26 Å². The number of hydrogen-bond acceptors (Lipinski definition) is 9. The predicted octanol–water partition coefficient (Wildman–Crippen LogP) is 2.59. The van der Waals surface area contributed by atoms with Crippen LogP contribution in [0.3, 0.4) is 0 Å². The van der Waals surface area contributed by atoms with Crippen LogP contribution in [-0.4, -0.2) is 36.7 Å². The number of nitriles is 1. The molecule has 3 aromatic rings. The third-order valence-corrected chi connectivity index (χ3v) is 7.92. The monoisotopic (exact) mass is 466 g/mol. The normalized spacial score (nSPS) is 13.2. The summed E-state index contributed by atoms with van der Waals surface area (Å²) >= 11 is 0.981. The van der Waals surface area contributed by atoms with Crippen molar-refractivity contribution >= 4 is 29.0 Å². The zero-order valence-corrected chi connectivity index (χ0v) is 17.9. The quantitative estimate of drug-likeness (QED) is 0.477. The number of nitrogens with zero attached hydrogens (tertiary/aromatic N) is 3. The van der Waals surface area contributed by atoms with Gasteiger partial charge in [-0.25, -0.2) is 23.0 Å². The topological polar surface area (TPSA) is 152 Å². The van der Waals surface area contributed by atoms with E-state index in [1.54, 1.807) is 30.5 Å². The van der Waals surface area contributed by atoms with Crippen molar-refractivity contribution < 1.29 is 27.1 Å². The molecule has 10 nitrogen and oxygen atoms in total. The Balaban J connectivity index is 1.67. The minimum absolute atomic E-state index is 0.0339. The van der Waals surface area contributed by atoms with E-state index in [0.29, 0.717) is 16.3 Å². The second-order valence-corrected chi connectivity index (χ2v) is 10.6. The molecule has 0 saturated heterocycles. The van der Waals surface area contributed by atoms with Crippen LogP contribution in [0.4, 0.5) is 0 Å². The summed E-state index contributed by atoms with van der Waals surface area (Å²) in [5, 5.41) is 8.70. The second-order valence-electron chi connectivity index (χ2n) is 5.73. The van der Waals surface area contributed by atoms with Gasteiger partial charge in [-0.15, -0.1) is 11.3 Å². The molecule has 0 aliphatic rings. The van der Waals surface area contributed by atoms with Crippen molar-refractivity contribution in [3.8, 4) is 28.1 Å². The van der Waals surface area contributed by atoms with Crippen molar-refractivity contribution in [2.45, 2.75) is 4.21 Å². The van der Waals surface area contributed by atoms with Crippen LogP contribution in [-0.2, 0) is 14.6 Å². The summed E-state index contributed by atoms with van der Waals surface area (Å²) in [7, 11) is -6.90. The molecule has 1 atom stereocenters. The number of nitrogens with one attached hydrogen (secondary N) is 1. The predicted molar refractivity (Wildman–Crippen MR) is 109 cm³/mol. The van der Waals surface area contributed by atoms with E-state index < -0.39 is 23.9 Å². The molecule has 0 amide bonds. The van der Waals surface area contributed by atoms with Crippen LogP contribution in [0.2, 0.25) is 0 Å². The van der Waals surface area contributed by atoms with E-state index in [1.165, 1.54) is 25.3 Å². The van der Waals surface area contributed by atoms with Crippen LogP contribution >= 0.6 is 18.9 Å². The van der Waals surface area contributed by atoms with Gasteiger partial charge in [0, 0.05) is 22.7 Å². The lowest BCUT2D eigenvalue weighted by molar-refractivity contribution is 0.377. The molecule has 0 aliphatic carbocycles. The summed E-state index contributed by atoms with van der Waals surface area (Å²) in [5.74, 6) is 0.366. The van der Waals surface area contributed by atoms with E-state index in [1.807, 2.05) is 0 Å². The molecule has 2 N–H and O–H groups in total. The fourth-order valence-corrected chi connectivity index (χ4v) is 6.04. The van der Waals surface area contributed by atoms with Crippen molar-refractivity contribution in [3.05, 3.63) is 54.5 Å². The van der Waals surface area contributed by atoms with E-state index in [2.05, 4.69) is 14.7 Å². The van der Waals surface area contributed by atoms with Crippen molar-refractivity contribution in [2.75, 3.05) is 13.4 Å². The van der Waals surface area contributed by atoms with Gasteiger partial charge in [0.1, 0.15) is 28.0 Å². The third-order valence-electron chi connectivity index (χ3n) is 3.63. The molecule has 13 heteroatoms. The highest BCUT2D eigenvalue weighted by atomic mass is 32.2. The van der Waals surface area contributed by atoms with E-state index in [4.69, 9.17) is 14.5 Å². The van der Waals surface area contributed by atoms with Crippen molar-refractivity contribution in [1.82, 2.24) is 14.7 Å². The smallest absolute Gasteiger partial charge is 0.391 e. The van der Waals surface area contributed by atoms with Gasteiger partial charge in [-0.2, -0.15) is 9.98 Å². The largest absolute Gasteiger partial charge is 0.481 e. The van der Waals surface area contributed by atoms with E-state index in [9.17, 15) is 17.9 Å². The summed E-state index contributed by atoms with van der Waals surface area (Å²) < 4.78 is 49.1. The second kappa shape index (κ2) is 8.91. The average Bonchev–Trinajstić information content (AvgIpc) is 3.24. The lowest BCUT2D eigenvalue weighted by atomic mass is 10.2. The molecule has 30 heavy (non-hydrogen) atoms. The number of pyridine rings is 2. The highest BCUT2D eigenvalue weighted by Gasteiger charge is 2.26. The maximum Gasteiger partial charge on any atom is 0.391 e. The van der Waals surface area contributed by atoms with Gasteiger partial charge in [-0.1, -0.05) is 0 Å². The Morgan fingerprint density at radius 3 is 2.60 bits per heavy atom. The van der Waals surface area contributed by atoms with Gasteiger partial charge in [0.15, 0.2) is 0 Å². The summed E-state index contributed by atoms with van der Waals surface area (Å²) in [4.78, 5) is 18.4. The van der Waals surface area contributed by atoms with Gasteiger partial charge in [0.25, 0.3) is 10.0 Å². The van der Waals surface area contributed by atoms with Crippen molar-refractivity contribution in [3.63, 3.8) is 0 Å². The molecule has 0 aliphatic heterocycles. The summed E-state index contributed by atoms with van der Waals surface area (Å²) in [6.07, 6.45) is 1.81. The Bertz CT molecular complexity index is 1220. The Morgan fingerprint density at radius 2 is 2.00 bits per heavy atom. The van der Waals surface area contributed by atoms with E-state index in [-0.39, 0.29) is 15.7 Å². The number of thiophene rings is 1. The van der Waals surface area contributed by atoms with Crippen LogP contribution in [0, 0.1) is 11.3 Å². The Kier molecular flexibility index (Phi) is 6.50. The first-order valence-electron chi connectivity index (χ1n) is 8.20. The van der Waals surface area contributed by atoms with Gasteiger partial charge in [0.2, 0.25) is 5.88 Å². The molecule has 0 aromatic carbocycles. The van der Waals surface area contributed by atoms with Gasteiger partial charge in [-0.05, 0) is 30.3 Å². The SMILES string of the molecule is COc1ccc(-c2ccc(S(=O)(=O)NCP(=O)(O)Oc3ccc(C#N)nc3)s2)cn1. The van der Waals surface area contributed by atoms with Gasteiger partial charge >= 0.3 is 7.60 Å². The summed E-state index contributed by atoms with van der Waals surface area (Å²) in [6, 6.07) is 10.8. The Hall–Kier alpha value is -2.81. The number of aromatic nitrogens is 2. The van der Waals surface area contributed by atoms with Crippen LogP contribution in [0.25, 0.3) is 10.4 Å². The van der Waals surface area contributed by atoms with Crippen LogP contribution < -0.4 is 14.0 Å². The van der Waals surface area contributed by atoms with Gasteiger partial charge < -0.3 is 14.2 Å². The molecule has 3 rings (SSSR count). The molecule has 0 fully saturated rings. The molecule has 0 bridgehead atoms. The van der Waals surface area contributed by atoms with Gasteiger partial charge in [0.05, 0.1) is 13.3 Å². The maximum atomic E-state index is 12.5. The number of rotatable bonds is 8. The molecular weight excluding hydrogens is 451 g/mol. The first kappa shape index (κ1) is 21.9. The summed E-state index contributed by atoms with van der Waals surface area (Å²) in [6.45, 7) is 0.